The second kappa shape index (κ2) is 7.04. The summed E-state index contributed by atoms with van der Waals surface area (Å²) in [5.41, 5.74) is 2.47. The number of benzene rings is 2. The van der Waals surface area contributed by atoms with Crippen molar-refractivity contribution in [3.8, 4) is 0 Å². The third kappa shape index (κ3) is 3.51. The van der Waals surface area contributed by atoms with E-state index < -0.39 is 17.7 Å². The highest BCUT2D eigenvalue weighted by Crippen LogP contribution is 2.54. The van der Waals surface area contributed by atoms with E-state index in [1.807, 2.05) is 36.5 Å². The van der Waals surface area contributed by atoms with Crippen molar-refractivity contribution in [3.63, 3.8) is 0 Å². The van der Waals surface area contributed by atoms with Gasteiger partial charge in [-0.3, -0.25) is 10.1 Å². The molecule has 1 aromatic heterocycles. The second-order valence-electron chi connectivity index (χ2n) is 7.60. The molecule has 2 heterocycles. The van der Waals surface area contributed by atoms with Crippen LogP contribution < -0.4 is 10.6 Å². The largest absolute Gasteiger partial charge is 0.322 e. The van der Waals surface area contributed by atoms with Crippen LogP contribution in [0.2, 0.25) is 0 Å². The smallest absolute Gasteiger partial charge is 0.241 e. The normalized spacial score (nSPS) is 22.4. The van der Waals surface area contributed by atoms with Crippen molar-refractivity contribution in [2.45, 2.75) is 31.5 Å². The number of fused-ring (bicyclic) bond motifs is 3. The summed E-state index contributed by atoms with van der Waals surface area (Å²) in [4.78, 5) is 12.6. The van der Waals surface area contributed by atoms with E-state index >= 15 is 0 Å². The number of anilines is 1. The van der Waals surface area contributed by atoms with Crippen LogP contribution in [0, 0.1) is 17.6 Å². The van der Waals surface area contributed by atoms with Crippen molar-refractivity contribution in [3.05, 3.63) is 77.1 Å². The van der Waals surface area contributed by atoms with Gasteiger partial charge in [0.2, 0.25) is 5.91 Å². The van der Waals surface area contributed by atoms with Crippen LogP contribution in [0.5, 0.6) is 0 Å². The molecule has 6 nitrogen and oxygen atoms in total. The maximum atomic E-state index is 14.1. The van der Waals surface area contributed by atoms with Crippen molar-refractivity contribution in [1.29, 1.82) is 0 Å². The van der Waals surface area contributed by atoms with Crippen LogP contribution in [0.3, 0.4) is 0 Å². The van der Waals surface area contributed by atoms with Gasteiger partial charge in [0.1, 0.15) is 11.6 Å². The summed E-state index contributed by atoms with van der Waals surface area (Å²) in [6, 6.07) is 11.6. The summed E-state index contributed by atoms with van der Waals surface area (Å²) in [6.45, 7) is 0.978. The quantitative estimate of drug-likeness (QED) is 0.697. The maximum absolute atomic E-state index is 14.1. The molecule has 2 N–H and O–H groups in total. The number of nitrogens with zero attached hydrogens (tertiary/aromatic N) is 3. The van der Waals surface area contributed by atoms with Crippen LogP contribution in [0.25, 0.3) is 0 Å². The number of hydrogen-bond acceptors (Lipinski definition) is 4. The monoisotopic (exact) mass is 395 g/mol. The Morgan fingerprint density at radius 1 is 1.21 bits per heavy atom. The van der Waals surface area contributed by atoms with E-state index in [2.05, 4.69) is 20.9 Å². The van der Waals surface area contributed by atoms with Crippen LogP contribution >= 0.6 is 0 Å². The number of aromatic nitrogens is 3. The van der Waals surface area contributed by atoms with Crippen LogP contribution in [0.1, 0.15) is 29.2 Å². The third-order valence-electron chi connectivity index (χ3n) is 5.56. The summed E-state index contributed by atoms with van der Waals surface area (Å²) in [5.74, 6) is -1.68. The van der Waals surface area contributed by atoms with Gasteiger partial charge >= 0.3 is 0 Å². The molecule has 1 saturated carbocycles. The summed E-state index contributed by atoms with van der Waals surface area (Å²) in [5, 5.41) is 14.1. The number of carbonyl (C=O) groups is 1. The molecule has 1 aliphatic heterocycles. The molecule has 1 fully saturated rings. The number of nitrogens with one attached hydrogen (secondary N) is 2. The minimum atomic E-state index is -0.733. The van der Waals surface area contributed by atoms with E-state index in [9.17, 15) is 13.6 Å². The Kier molecular flexibility index (Phi) is 4.35. The summed E-state index contributed by atoms with van der Waals surface area (Å²) < 4.78 is 29.5. The van der Waals surface area contributed by atoms with E-state index in [1.165, 1.54) is 6.07 Å². The molecule has 0 bridgehead atoms. The number of halogens is 2. The molecule has 29 heavy (non-hydrogen) atoms. The van der Waals surface area contributed by atoms with E-state index in [4.69, 9.17) is 0 Å². The Balaban J connectivity index is 1.27. The topological polar surface area (TPSA) is 71.8 Å². The molecule has 1 aliphatic carbocycles. The van der Waals surface area contributed by atoms with Crippen LogP contribution in [-0.4, -0.2) is 26.9 Å². The molecular weight excluding hydrogens is 376 g/mol. The molecule has 0 radical (unpaired) electrons. The average Bonchev–Trinajstić information content (AvgIpc) is 3.37. The number of hydrogen-bond donors (Lipinski definition) is 2. The highest BCUT2D eigenvalue weighted by atomic mass is 19.1. The standard InChI is InChI=1S/C21H19F2N5O/c22-13-6-16-15-8-17(15)20(21(29)25-19(16)18(23)7-13)24-9-14-11-28(27-26-14)10-12-4-2-1-3-5-12/h1-7,11,15,17,20,24H,8-10H2,(H,25,29)/t15-,17-,20-/m0/s1. The molecule has 0 saturated heterocycles. The number of rotatable bonds is 5. The molecule has 3 aromatic rings. The summed E-state index contributed by atoms with van der Waals surface area (Å²) >= 11 is 0. The minimum Gasteiger partial charge on any atom is -0.322 e. The first kappa shape index (κ1) is 17.9. The van der Waals surface area contributed by atoms with Gasteiger partial charge in [0, 0.05) is 12.6 Å². The van der Waals surface area contributed by atoms with E-state index in [-0.39, 0.29) is 23.4 Å². The number of carbonyl (C=O) groups excluding carboxylic acids is 1. The lowest BCUT2D eigenvalue weighted by Gasteiger charge is -2.16. The molecule has 0 unspecified atom stereocenters. The van der Waals surface area contributed by atoms with Gasteiger partial charge in [-0.15, -0.1) is 5.10 Å². The lowest BCUT2D eigenvalue weighted by atomic mass is 10.1. The SMILES string of the molecule is O=C1Nc2c(F)cc(F)cc2[C@@H]2C[C@@H]2[C@@H]1NCc1cn(Cc2ccccc2)nn1. The Bertz CT molecular complexity index is 1070. The Morgan fingerprint density at radius 2 is 2.03 bits per heavy atom. The minimum absolute atomic E-state index is 0.0109. The van der Waals surface area contributed by atoms with E-state index in [0.717, 1.165) is 18.1 Å². The summed E-state index contributed by atoms with van der Waals surface area (Å²) in [6.07, 6.45) is 2.56. The highest BCUT2D eigenvalue weighted by molar-refractivity contribution is 5.97. The molecule has 5 rings (SSSR count). The van der Waals surface area contributed by atoms with Gasteiger partial charge in [0.25, 0.3) is 0 Å². The van der Waals surface area contributed by atoms with Gasteiger partial charge in [-0.25, -0.2) is 13.5 Å². The molecule has 1 amide bonds. The first-order valence-electron chi connectivity index (χ1n) is 9.54. The fourth-order valence-corrected chi connectivity index (χ4v) is 4.08. The predicted molar refractivity (Wildman–Crippen MR) is 102 cm³/mol. The van der Waals surface area contributed by atoms with Gasteiger partial charge in [-0.05, 0) is 35.4 Å². The highest BCUT2D eigenvalue weighted by Gasteiger charge is 2.50. The average molecular weight is 395 g/mol. The van der Waals surface area contributed by atoms with Gasteiger partial charge < -0.3 is 5.32 Å². The zero-order valence-corrected chi connectivity index (χ0v) is 15.5. The molecule has 8 heteroatoms. The maximum Gasteiger partial charge on any atom is 0.241 e. The zero-order valence-electron chi connectivity index (χ0n) is 15.5. The molecule has 2 aliphatic rings. The van der Waals surface area contributed by atoms with Gasteiger partial charge in [-0.1, -0.05) is 35.5 Å². The van der Waals surface area contributed by atoms with Crippen molar-refractivity contribution in [1.82, 2.24) is 20.3 Å². The molecule has 148 valence electrons. The predicted octanol–water partition coefficient (Wildman–Crippen LogP) is 2.82. The number of amides is 1. The Morgan fingerprint density at radius 3 is 2.86 bits per heavy atom. The van der Waals surface area contributed by atoms with E-state index in [1.54, 1.807) is 4.68 Å². The Labute approximate surface area is 165 Å². The third-order valence-corrected chi connectivity index (χ3v) is 5.56. The van der Waals surface area contributed by atoms with Crippen molar-refractivity contribution in [2.75, 3.05) is 5.32 Å². The zero-order chi connectivity index (χ0) is 20.0. The second-order valence-corrected chi connectivity index (χ2v) is 7.60. The first-order chi connectivity index (χ1) is 14.1. The molecular formula is C21H19F2N5O. The van der Waals surface area contributed by atoms with Crippen molar-refractivity contribution >= 4 is 11.6 Å². The molecule has 3 atom stereocenters. The summed E-state index contributed by atoms with van der Waals surface area (Å²) in [7, 11) is 0. The Hall–Kier alpha value is -3.13. The van der Waals surface area contributed by atoms with Gasteiger partial charge in [0.15, 0.2) is 0 Å². The van der Waals surface area contributed by atoms with Crippen molar-refractivity contribution in [2.24, 2.45) is 5.92 Å². The molecule has 0 spiro atoms. The molecule has 2 aromatic carbocycles. The lowest BCUT2D eigenvalue weighted by Crippen LogP contribution is -2.41. The fourth-order valence-electron chi connectivity index (χ4n) is 4.08. The van der Waals surface area contributed by atoms with Crippen molar-refractivity contribution < 1.29 is 13.6 Å². The fraction of sp³-hybridized carbons (Fsp3) is 0.286. The van der Waals surface area contributed by atoms with Gasteiger partial charge in [0.05, 0.1) is 30.2 Å². The van der Waals surface area contributed by atoms with Crippen LogP contribution in [0.4, 0.5) is 14.5 Å². The van der Waals surface area contributed by atoms with Gasteiger partial charge in [-0.2, -0.15) is 0 Å². The van der Waals surface area contributed by atoms with E-state index in [0.29, 0.717) is 24.3 Å². The lowest BCUT2D eigenvalue weighted by molar-refractivity contribution is -0.118. The first-order valence-corrected chi connectivity index (χ1v) is 9.54. The van der Waals surface area contributed by atoms with Crippen LogP contribution in [-0.2, 0) is 17.9 Å². The van der Waals surface area contributed by atoms with Crippen LogP contribution in [0.15, 0.2) is 48.7 Å².